The SMILES string of the molecule is CNCCCNC(=O)CCNc1ncc(C(F)(F)F)cc1Cl. The molecule has 3 N–H and O–H groups in total. The number of carbonyl (C=O) groups is 1. The van der Waals surface area contributed by atoms with Gasteiger partial charge in [0.25, 0.3) is 0 Å². The number of hydrogen-bond acceptors (Lipinski definition) is 4. The maximum absolute atomic E-state index is 12.5. The van der Waals surface area contributed by atoms with Crippen molar-refractivity contribution < 1.29 is 18.0 Å². The number of nitrogens with zero attached hydrogens (tertiary/aromatic N) is 1. The molecule has 0 fully saturated rings. The van der Waals surface area contributed by atoms with E-state index in [2.05, 4.69) is 20.9 Å². The summed E-state index contributed by atoms with van der Waals surface area (Å²) in [5.74, 6) is -0.0238. The van der Waals surface area contributed by atoms with Crippen molar-refractivity contribution in [1.29, 1.82) is 0 Å². The molecule has 0 bridgehead atoms. The molecular formula is C13H18ClF3N4O. The number of carbonyl (C=O) groups excluding carboxylic acids is 1. The van der Waals surface area contributed by atoms with Gasteiger partial charge >= 0.3 is 6.18 Å². The quantitative estimate of drug-likeness (QED) is 0.636. The summed E-state index contributed by atoms with van der Waals surface area (Å²) >= 11 is 5.74. The van der Waals surface area contributed by atoms with Crippen molar-refractivity contribution >= 4 is 23.3 Å². The van der Waals surface area contributed by atoms with Gasteiger partial charge in [-0.05, 0) is 26.1 Å². The van der Waals surface area contributed by atoms with Crippen molar-refractivity contribution in [2.75, 3.05) is 32.0 Å². The first-order valence-corrected chi connectivity index (χ1v) is 7.10. The molecule has 0 spiro atoms. The summed E-state index contributed by atoms with van der Waals surface area (Å²) in [5.41, 5.74) is -0.912. The van der Waals surface area contributed by atoms with Crippen molar-refractivity contribution in [2.45, 2.75) is 19.0 Å². The summed E-state index contributed by atoms with van der Waals surface area (Å²) in [7, 11) is 1.83. The molecule has 5 nitrogen and oxygen atoms in total. The molecule has 0 saturated carbocycles. The number of alkyl halides is 3. The van der Waals surface area contributed by atoms with Crippen LogP contribution in [0.25, 0.3) is 0 Å². The Morgan fingerprint density at radius 1 is 1.32 bits per heavy atom. The van der Waals surface area contributed by atoms with Crippen LogP contribution in [0.2, 0.25) is 5.02 Å². The van der Waals surface area contributed by atoms with Gasteiger partial charge in [-0.2, -0.15) is 13.2 Å². The van der Waals surface area contributed by atoms with Crippen LogP contribution in [-0.4, -0.2) is 37.6 Å². The first-order valence-electron chi connectivity index (χ1n) is 6.72. The van der Waals surface area contributed by atoms with Crippen LogP contribution in [0.15, 0.2) is 12.3 Å². The van der Waals surface area contributed by atoms with Gasteiger partial charge in [0.15, 0.2) is 0 Å². The monoisotopic (exact) mass is 338 g/mol. The maximum atomic E-state index is 12.5. The standard InChI is InChI=1S/C13H18ClF3N4O/c1-18-4-2-5-19-11(22)3-6-20-12-10(14)7-9(8-21-12)13(15,16)17/h7-8,18H,2-6H2,1H3,(H,19,22)(H,20,21). The Kier molecular flexibility index (Phi) is 7.40. The van der Waals surface area contributed by atoms with Crippen LogP contribution in [0.3, 0.4) is 0 Å². The summed E-state index contributed by atoms with van der Waals surface area (Å²) in [6.07, 6.45) is -2.78. The van der Waals surface area contributed by atoms with Crippen molar-refractivity contribution in [3.8, 4) is 0 Å². The van der Waals surface area contributed by atoms with Gasteiger partial charge in [0.05, 0.1) is 10.6 Å². The van der Waals surface area contributed by atoms with Gasteiger partial charge in [0.2, 0.25) is 5.91 Å². The number of rotatable bonds is 8. The van der Waals surface area contributed by atoms with Crippen LogP contribution >= 0.6 is 11.6 Å². The lowest BCUT2D eigenvalue weighted by atomic mass is 10.2. The number of pyridine rings is 1. The Hall–Kier alpha value is -1.54. The van der Waals surface area contributed by atoms with E-state index in [4.69, 9.17) is 11.6 Å². The summed E-state index contributed by atoms with van der Waals surface area (Å²) in [6.45, 7) is 1.61. The Labute approximate surface area is 131 Å². The predicted octanol–water partition coefficient (Wildman–Crippen LogP) is 2.28. The number of hydrogen-bond donors (Lipinski definition) is 3. The molecule has 1 amide bonds. The second kappa shape index (κ2) is 8.79. The molecule has 124 valence electrons. The molecular weight excluding hydrogens is 321 g/mol. The average Bonchev–Trinajstić information content (AvgIpc) is 2.44. The molecule has 1 aromatic heterocycles. The van der Waals surface area contributed by atoms with Gasteiger partial charge in [0.1, 0.15) is 5.82 Å². The second-order valence-electron chi connectivity index (χ2n) is 4.54. The van der Waals surface area contributed by atoms with Crippen molar-refractivity contribution in [1.82, 2.24) is 15.6 Å². The minimum Gasteiger partial charge on any atom is -0.368 e. The fraction of sp³-hybridized carbons (Fsp3) is 0.538. The molecule has 0 aliphatic heterocycles. The van der Waals surface area contributed by atoms with Crippen LogP contribution in [0.5, 0.6) is 0 Å². The highest BCUT2D eigenvalue weighted by Gasteiger charge is 2.31. The normalized spacial score (nSPS) is 11.3. The number of halogens is 4. The first-order chi connectivity index (χ1) is 10.3. The van der Waals surface area contributed by atoms with E-state index in [-0.39, 0.29) is 29.7 Å². The highest BCUT2D eigenvalue weighted by molar-refractivity contribution is 6.32. The Balaban J connectivity index is 2.37. The zero-order chi connectivity index (χ0) is 16.6. The van der Waals surface area contributed by atoms with Gasteiger partial charge in [-0.25, -0.2) is 4.98 Å². The highest BCUT2D eigenvalue weighted by Crippen LogP contribution is 2.32. The van der Waals surface area contributed by atoms with Crippen molar-refractivity contribution in [3.63, 3.8) is 0 Å². The molecule has 1 heterocycles. The fourth-order valence-corrected chi connectivity index (χ4v) is 1.83. The van der Waals surface area contributed by atoms with Gasteiger partial charge in [-0.3, -0.25) is 4.79 Å². The largest absolute Gasteiger partial charge is 0.417 e. The summed E-state index contributed by atoms with van der Waals surface area (Å²) < 4.78 is 37.4. The van der Waals surface area contributed by atoms with Crippen molar-refractivity contribution in [3.05, 3.63) is 22.8 Å². The third-order valence-electron chi connectivity index (χ3n) is 2.74. The van der Waals surface area contributed by atoms with E-state index in [1.54, 1.807) is 0 Å². The number of aromatic nitrogens is 1. The molecule has 0 unspecified atom stereocenters. The third-order valence-corrected chi connectivity index (χ3v) is 3.03. The molecule has 1 aromatic rings. The lowest BCUT2D eigenvalue weighted by Crippen LogP contribution is -2.28. The summed E-state index contributed by atoms with van der Waals surface area (Å²) in [6, 6.07) is 0.800. The topological polar surface area (TPSA) is 66.0 Å². The highest BCUT2D eigenvalue weighted by atomic mass is 35.5. The molecule has 0 aliphatic rings. The number of nitrogens with one attached hydrogen (secondary N) is 3. The predicted molar refractivity (Wildman–Crippen MR) is 78.9 cm³/mol. The minimum absolute atomic E-state index is 0.123. The average molecular weight is 339 g/mol. The van der Waals surface area contributed by atoms with E-state index in [0.29, 0.717) is 12.7 Å². The minimum atomic E-state index is -4.48. The molecule has 0 aliphatic carbocycles. The van der Waals surface area contributed by atoms with Gasteiger partial charge < -0.3 is 16.0 Å². The van der Waals surface area contributed by atoms with Crippen molar-refractivity contribution in [2.24, 2.45) is 0 Å². The Bertz CT molecular complexity index is 497. The van der Waals surface area contributed by atoms with Gasteiger partial charge in [0, 0.05) is 25.7 Å². The van der Waals surface area contributed by atoms with Crippen LogP contribution in [0.4, 0.5) is 19.0 Å². The molecule has 0 atom stereocenters. The fourth-order valence-electron chi connectivity index (χ4n) is 1.60. The summed E-state index contributed by atoms with van der Waals surface area (Å²) in [5, 5.41) is 8.29. The van der Waals surface area contributed by atoms with E-state index in [9.17, 15) is 18.0 Å². The zero-order valence-corrected chi connectivity index (χ0v) is 12.8. The second-order valence-corrected chi connectivity index (χ2v) is 4.94. The number of anilines is 1. The van der Waals surface area contributed by atoms with Crippen LogP contribution in [0.1, 0.15) is 18.4 Å². The van der Waals surface area contributed by atoms with Gasteiger partial charge in [-0.1, -0.05) is 11.6 Å². The Morgan fingerprint density at radius 3 is 2.64 bits per heavy atom. The van der Waals surface area contributed by atoms with E-state index in [1.807, 2.05) is 7.05 Å². The first kappa shape index (κ1) is 18.5. The van der Waals surface area contributed by atoms with E-state index in [1.165, 1.54) is 0 Å². The third kappa shape index (κ3) is 6.48. The van der Waals surface area contributed by atoms with Crippen LogP contribution < -0.4 is 16.0 Å². The lowest BCUT2D eigenvalue weighted by molar-refractivity contribution is -0.137. The molecule has 0 aromatic carbocycles. The Morgan fingerprint density at radius 2 is 2.05 bits per heavy atom. The molecule has 9 heteroatoms. The number of amides is 1. The molecule has 0 radical (unpaired) electrons. The molecule has 1 rings (SSSR count). The molecule has 22 heavy (non-hydrogen) atoms. The molecule has 0 saturated heterocycles. The van der Waals surface area contributed by atoms with E-state index < -0.39 is 11.7 Å². The zero-order valence-electron chi connectivity index (χ0n) is 12.1. The van der Waals surface area contributed by atoms with E-state index in [0.717, 1.165) is 19.0 Å². The lowest BCUT2D eigenvalue weighted by Gasteiger charge is -2.11. The summed E-state index contributed by atoms with van der Waals surface area (Å²) in [4.78, 5) is 15.1. The smallest absolute Gasteiger partial charge is 0.368 e. The van der Waals surface area contributed by atoms with E-state index >= 15 is 0 Å². The maximum Gasteiger partial charge on any atom is 0.417 e. The van der Waals surface area contributed by atoms with Crippen LogP contribution in [-0.2, 0) is 11.0 Å². The van der Waals surface area contributed by atoms with Gasteiger partial charge in [-0.15, -0.1) is 0 Å². The van der Waals surface area contributed by atoms with Crippen LogP contribution in [0, 0.1) is 0 Å².